The molecule has 1 aliphatic rings. The molecule has 1 fully saturated rings. The van der Waals surface area contributed by atoms with Crippen molar-refractivity contribution in [2.45, 2.75) is 65.1 Å². The molecule has 0 aromatic carbocycles. The largest absolute Gasteiger partial charge is 0.459 e. The van der Waals surface area contributed by atoms with Crippen molar-refractivity contribution in [2.75, 3.05) is 0 Å². The molecule has 1 saturated carbocycles. The molecule has 3 atom stereocenters. The van der Waals surface area contributed by atoms with Gasteiger partial charge in [-0.15, -0.1) is 0 Å². The number of aliphatic hydroxyl groups is 1. The third kappa shape index (κ3) is 3.78. The maximum atomic E-state index is 11.4. The third-order valence-electron chi connectivity index (χ3n) is 3.30. The van der Waals surface area contributed by atoms with E-state index in [9.17, 15) is 9.90 Å². The van der Waals surface area contributed by atoms with Gasteiger partial charge in [0.05, 0.1) is 12.0 Å². The van der Waals surface area contributed by atoms with E-state index in [1.807, 2.05) is 13.8 Å². The topological polar surface area (TPSA) is 46.5 Å². The van der Waals surface area contributed by atoms with Gasteiger partial charge in [0.2, 0.25) is 0 Å². The SMILES string of the molecule is CCCC1CCC(OC(=O)C(C)C)C(O)C1. The molecule has 1 N–H and O–H groups in total. The number of hydrogen-bond acceptors (Lipinski definition) is 3. The highest BCUT2D eigenvalue weighted by Crippen LogP contribution is 2.30. The van der Waals surface area contributed by atoms with Gasteiger partial charge in [-0.05, 0) is 25.2 Å². The predicted molar refractivity (Wildman–Crippen MR) is 63.0 cm³/mol. The molecular formula is C13H24O3. The van der Waals surface area contributed by atoms with E-state index in [2.05, 4.69) is 6.92 Å². The Labute approximate surface area is 98.2 Å². The van der Waals surface area contributed by atoms with Gasteiger partial charge in [0.1, 0.15) is 6.10 Å². The molecule has 3 nitrogen and oxygen atoms in total. The molecule has 0 spiro atoms. The van der Waals surface area contributed by atoms with Crippen molar-refractivity contribution < 1.29 is 14.6 Å². The number of carbonyl (C=O) groups excluding carboxylic acids is 1. The number of rotatable bonds is 4. The minimum atomic E-state index is -0.465. The van der Waals surface area contributed by atoms with E-state index in [1.54, 1.807) is 0 Å². The number of aliphatic hydroxyl groups excluding tert-OH is 1. The third-order valence-corrected chi connectivity index (χ3v) is 3.30. The minimum absolute atomic E-state index is 0.111. The van der Waals surface area contributed by atoms with Crippen LogP contribution in [0.5, 0.6) is 0 Å². The average Bonchev–Trinajstić information content (AvgIpc) is 2.22. The molecule has 3 heteroatoms. The maximum absolute atomic E-state index is 11.4. The van der Waals surface area contributed by atoms with Crippen molar-refractivity contribution in [3.05, 3.63) is 0 Å². The van der Waals surface area contributed by atoms with Crippen LogP contribution in [0.2, 0.25) is 0 Å². The second-order valence-electron chi connectivity index (χ2n) is 5.17. The Morgan fingerprint density at radius 3 is 2.62 bits per heavy atom. The van der Waals surface area contributed by atoms with Crippen LogP contribution in [0.1, 0.15) is 52.9 Å². The summed E-state index contributed by atoms with van der Waals surface area (Å²) in [6.45, 7) is 5.80. The normalized spacial score (nSPS) is 30.4. The Morgan fingerprint density at radius 2 is 2.12 bits per heavy atom. The molecule has 0 aliphatic heterocycles. The molecular weight excluding hydrogens is 204 g/mol. The lowest BCUT2D eigenvalue weighted by molar-refractivity contribution is -0.162. The highest BCUT2D eigenvalue weighted by Gasteiger charge is 2.31. The first kappa shape index (κ1) is 13.5. The van der Waals surface area contributed by atoms with Crippen LogP contribution in [-0.2, 0) is 9.53 Å². The van der Waals surface area contributed by atoms with Gasteiger partial charge in [-0.1, -0.05) is 33.6 Å². The van der Waals surface area contributed by atoms with Crippen molar-refractivity contribution in [3.63, 3.8) is 0 Å². The van der Waals surface area contributed by atoms with Crippen LogP contribution in [0.4, 0.5) is 0 Å². The zero-order valence-corrected chi connectivity index (χ0v) is 10.6. The molecule has 0 saturated heterocycles. The molecule has 1 aliphatic carbocycles. The summed E-state index contributed by atoms with van der Waals surface area (Å²) in [5.74, 6) is 0.299. The number of hydrogen-bond donors (Lipinski definition) is 1. The van der Waals surface area contributed by atoms with E-state index in [0.717, 1.165) is 25.7 Å². The summed E-state index contributed by atoms with van der Waals surface area (Å²) >= 11 is 0. The van der Waals surface area contributed by atoms with Gasteiger partial charge >= 0.3 is 5.97 Å². The fraction of sp³-hybridized carbons (Fsp3) is 0.923. The van der Waals surface area contributed by atoms with E-state index in [0.29, 0.717) is 5.92 Å². The number of ether oxygens (including phenoxy) is 1. The number of esters is 1. The highest BCUT2D eigenvalue weighted by atomic mass is 16.6. The zero-order chi connectivity index (χ0) is 12.1. The zero-order valence-electron chi connectivity index (χ0n) is 10.6. The van der Waals surface area contributed by atoms with E-state index < -0.39 is 6.10 Å². The molecule has 0 bridgehead atoms. The summed E-state index contributed by atoms with van der Waals surface area (Å²) in [6.07, 6.45) is 4.25. The smallest absolute Gasteiger partial charge is 0.308 e. The summed E-state index contributed by atoms with van der Waals surface area (Å²) in [5, 5.41) is 9.92. The second kappa shape index (κ2) is 6.24. The number of carbonyl (C=O) groups is 1. The van der Waals surface area contributed by atoms with Crippen LogP contribution >= 0.6 is 0 Å². The van der Waals surface area contributed by atoms with Gasteiger partial charge in [0.25, 0.3) is 0 Å². The van der Waals surface area contributed by atoms with E-state index >= 15 is 0 Å². The lowest BCUT2D eigenvalue weighted by atomic mass is 9.83. The van der Waals surface area contributed by atoms with Gasteiger partial charge in [0, 0.05) is 0 Å². The molecule has 0 amide bonds. The first-order valence-corrected chi connectivity index (χ1v) is 6.43. The Morgan fingerprint density at radius 1 is 1.44 bits per heavy atom. The monoisotopic (exact) mass is 228 g/mol. The molecule has 0 heterocycles. The van der Waals surface area contributed by atoms with Crippen LogP contribution in [0.15, 0.2) is 0 Å². The van der Waals surface area contributed by atoms with Crippen molar-refractivity contribution in [1.82, 2.24) is 0 Å². The summed E-state index contributed by atoms with van der Waals surface area (Å²) in [7, 11) is 0. The Bertz CT molecular complexity index is 225. The Balaban J connectivity index is 2.38. The van der Waals surface area contributed by atoms with E-state index in [4.69, 9.17) is 4.74 Å². The first-order valence-electron chi connectivity index (χ1n) is 6.43. The van der Waals surface area contributed by atoms with Crippen LogP contribution < -0.4 is 0 Å². The fourth-order valence-electron chi connectivity index (χ4n) is 2.30. The van der Waals surface area contributed by atoms with Gasteiger partial charge in [-0.2, -0.15) is 0 Å². The summed E-state index contributed by atoms with van der Waals surface area (Å²) in [5.41, 5.74) is 0. The second-order valence-corrected chi connectivity index (χ2v) is 5.17. The van der Waals surface area contributed by atoms with Crippen molar-refractivity contribution in [1.29, 1.82) is 0 Å². The molecule has 0 aromatic heterocycles. The molecule has 1 rings (SSSR count). The highest BCUT2D eigenvalue weighted by molar-refractivity contribution is 5.71. The van der Waals surface area contributed by atoms with E-state index in [1.165, 1.54) is 6.42 Å². The summed E-state index contributed by atoms with van der Waals surface area (Å²) in [4.78, 5) is 11.4. The predicted octanol–water partition coefficient (Wildman–Crippen LogP) is 2.52. The molecule has 3 unspecified atom stereocenters. The van der Waals surface area contributed by atoms with Crippen molar-refractivity contribution in [3.8, 4) is 0 Å². The van der Waals surface area contributed by atoms with Gasteiger partial charge in [-0.3, -0.25) is 4.79 Å². The summed E-state index contributed by atoms with van der Waals surface area (Å²) in [6, 6.07) is 0. The van der Waals surface area contributed by atoms with Crippen LogP contribution in [0, 0.1) is 11.8 Å². The Kier molecular flexibility index (Phi) is 5.26. The minimum Gasteiger partial charge on any atom is -0.459 e. The quantitative estimate of drug-likeness (QED) is 0.752. The standard InChI is InChI=1S/C13H24O3/c1-4-5-10-6-7-12(11(14)8-10)16-13(15)9(2)3/h9-12,14H,4-8H2,1-3H3. The maximum Gasteiger partial charge on any atom is 0.308 e. The lowest BCUT2D eigenvalue weighted by Gasteiger charge is -2.33. The van der Waals surface area contributed by atoms with E-state index in [-0.39, 0.29) is 18.0 Å². The molecule has 0 aromatic rings. The summed E-state index contributed by atoms with van der Waals surface area (Å²) < 4.78 is 5.30. The lowest BCUT2D eigenvalue weighted by Crippen LogP contribution is -2.38. The van der Waals surface area contributed by atoms with Crippen molar-refractivity contribution in [2.24, 2.45) is 11.8 Å². The average molecular weight is 228 g/mol. The van der Waals surface area contributed by atoms with Crippen LogP contribution in [0.25, 0.3) is 0 Å². The van der Waals surface area contributed by atoms with Gasteiger partial charge in [-0.25, -0.2) is 0 Å². The van der Waals surface area contributed by atoms with Crippen molar-refractivity contribution >= 4 is 5.97 Å². The first-order chi connectivity index (χ1) is 7.54. The van der Waals surface area contributed by atoms with Crippen LogP contribution in [0.3, 0.4) is 0 Å². The molecule has 0 radical (unpaired) electrons. The Hall–Kier alpha value is -0.570. The molecule has 16 heavy (non-hydrogen) atoms. The van der Waals surface area contributed by atoms with Crippen LogP contribution in [-0.4, -0.2) is 23.3 Å². The van der Waals surface area contributed by atoms with Gasteiger partial charge < -0.3 is 9.84 Å². The molecule has 94 valence electrons. The fourth-order valence-corrected chi connectivity index (χ4v) is 2.30. The van der Waals surface area contributed by atoms with Gasteiger partial charge in [0.15, 0.2) is 0 Å².